The van der Waals surface area contributed by atoms with Crippen molar-refractivity contribution in [3.05, 3.63) is 78.2 Å². The molecular formula is C26H28N8O2. The Hall–Kier alpha value is -4.02. The number of rotatable bonds is 9. The van der Waals surface area contributed by atoms with Gasteiger partial charge in [-0.25, -0.2) is 14.6 Å². The average Bonchev–Trinajstić information content (AvgIpc) is 3.38. The second kappa shape index (κ2) is 11.6. The number of hydrogen-bond acceptors (Lipinski definition) is 8. The summed E-state index contributed by atoms with van der Waals surface area (Å²) >= 11 is 0. The van der Waals surface area contributed by atoms with Gasteiger partial charge in [0.1, 0.15) is 6.33 Å². The lowest BCUT2D eigenvalue weighted by Crippen LogP contribution is -2.38. The number of hydrogen-bond donors (Lipinski definition) is 1. The van der Waals surface area contributed by atoms with Crippen LogP contribution in [-0.2, 0) is 11.3 Å². The summed E-state index contributed by atoms with van der Waals surface area (Å²) in [5, 5.41) is 16.8. The van der Waals surface area contributed by atoms with Crippen LogP contribution in [0.3, 0.4) is 0 Å². The smallest absolute Gasteiger partial charge is 0.251 e. The minimum atomic E-state index is -0.0658. The quantitative estimate of drug-likeness (QED) is 0.287. The van der Waals surface area contributed by atoms with Gasteiger partial charge in [0, 0.05) is 25.2 Å². The summed E-state index contributed by atoms with van der Waals surface area (Å²) < 4.78 is 7.11. The van der Waals surface area contributed by atoms with Gasteiger partial charge in [-0.1, -0.05) is 30.3 Å². The number of aromatic nitrogens is 4. The number of morpholine rings is 1. The number of nitrogens with zero attached hydrogens (tertiary/aromatic N) is 7. The Balaban J connectivity index is 1.14. The third kappa shape index (κ3) is 5.78. The standard InChI is InChI=1S/C26H28N8O2/c35-26(27-11-4-12-33-13-15-36-16-14-33)21-9-7-20(8-10-21)17-30-32-24-23-18-31-34(25(23)29-19-28-24)22-5-2-1-3-6-22/h1-3,5-10,18-19H,4,11-17H2,(H,27,35). The van der Waals surface area contributed by atoms with Crippen LogP contribution < -0.4 is 5.32 Å². The molecule has 4 aromatic rings. The third-order valence-electron chi connectivity index (χ3n) is 6.02. The molecule has 2 aromatic heterocycles. The van der Waals surface area contributed by atoms with Gasteiger partial charge in [0.25, 0.3) is 5.91 Å². The van der Waals surface area contributed by atoms with Crippen LogP contribution in [0.2, 0.25) is 0 Å². The van der Waals surface area contributed by atoms with E-state index >= 15 is 0 Å². The minimum absolute atomic E-state index is 0.0658. The molecule has 2 aromatic carbocycles. The van der Waals surface area contributed by atoms with E-state index in [-0.39, 0.29) is 5.91 Å². The minimum Gasteiger partial charge on any atom is -0.379 e. The largest absolute Gasteiger partial charge is 0.379 e. The van der Waals surface area contributed by atoms with Gasteiger partial charge in [0.2, 0.25) is 0 Å². The highest BCUT2D eigenvalue weighted by molar-refractivity contribution is 5.94. The monoisotopic (exact) mass is 484 g/mol. The average molecular weight is 485 g/mol. The lowest BCUT2D eigenvalue weighted by atomic mass is 10.1. The summed E-state index contributed by atoms with van der Waals surface area (Å²) in [6, 6.07) is 17.2. The van der Waals surface area contributed by atoms with Gasteiger partial charge < -0.3 is 10.1 Å². The Bertz CT molecular complexity index is 1320. The summed E-state index contributed by atoms with van der Waals surface area (Å²) in [6.45, 7) is 5.51. The highest BCUT2D eigenvalue weighted by atomic mass is 16.5. The van der Waals surface area contributed by atoms with Crippen molar-refractivity contribution in [2.24, 2.45) is 10.2 Å². The van der Waals surface area contributed by atoms with Gasteiger partial charge in [-0.15, -0.1) is 5.11 Å². The molecule has 1 N–H and O–H groups in total. The summed E-state index contributed by atoms with van der Waals surface area (Å²) in [5.74, 6) is 0.402. The van der Waals surface area contributed by atoms with Crippen molar-refractivity contribution in [3.63, 3.8) is 0 Å². The molecule has 0 spiro atoms. The molecule has 0 radical (unpaired) electrons. The fourth-order valence-corrected chi connectivity index (χ4v) is 4.05. The van der Waals surface area contributed by atoms with Crippen molar-refractivity contribution in [3.8, 4) is 5.69 Å². The van der Waals surface area contributed by atoms with Gasteiger partial charge >= 0.3 is 0 Å². The van der Waals surface area contributed by atoms with Crippen LogP contribution in [0.15, 0.2) is 77.3 Å². The molecule has 3 heterocycles. The van der Waals surface area contributed by atoms with Gasteiger partial charge in [-0.3, -0.25) is 9.69 Å². The number of benzene rings is 2. The van der Waals surface area contributed by atoms with Crippen LogP contribution in [0.25, 0.3) is 16.7 Å². The molecule has 0 aliphatic carbocycles. The molecule has 1 saturated heterocycles. The van der Waals surface area contributed by atoms with Crippen molar-refractivity contribution in [2.75, 3.05) is 39.4 Å². The predicted octanol–water partition coefficient (Wildman–Crippen LogP) is 3.55. The summed E-state index contributed by atoms with van der Waals surface area (Å²) in [6.07, 6.45) is 4.09. The van der Waals surface area contributed by atoms with Crippen molar-refractivity contribution >= 4 is 22.8 Å². The molecular weight excluding hydrogens is 456 g/mol. The second-order valence-electron chi connectivity index (χ2n) is 8.49. The SMILES string of the molecule is O=C(NCCCN1CCOCC1)c1ccc(CN=Nc2ncnc3c2cnn3-c2ccccc2)cc1. The normalized spacial score (nSPS) is 14.4. The second-order valence-corrected chi connectivity index (χ2v) is 8.49. The van der Waals surface area contributed by atoms with E-state index in [4.69, 9.17) is 4.74 Å². The van der Waals surface area contributed by atoms with Crippen LogP contribution in [0.5, 0.6) is 0 Å². The molecule has 1 aliphatic heterocycles. The highest BCUT2D eigenvalue weighted by Gasteiger charge is 2.12. The van der Waals surface area contributed by atoms with Crippen molar-refractivity contribution < 1.29 is 9.53 Å². The number of ether oxygens (including phenoxy) is 1. The first kappa shape index (κ1) is 23.7. The number of carbonyl (C=O) groups excluding carboxylic acids is 1. The lowest BCUT2D eigenvalue weighted by molar-refractivity contribution is 0.0374. The number of carbonyl (C=O) groups is 1. The molecule has 1 aliphatic rings. The number of amides is 1. The maximum atomic E-state index is 12.4. The van der Waals surface area contributed by atoms with E-state index in [1.807, 2.05) is 54.6 Å². The van der Waals surface area contributed by atoms with Gasteiger partial charge in [-0.2, -0.15) is 10.2 Å². The summed E-state index contributed by atoms with van der Waals surface area (Å²) in [5.41, 5.74) is 3.17. The molecule has 36 heavy (non-hydrogen) atoms. The maximum absolute atomic E-state index is 12.4. The number of para-hydroxylation sites is 1. The van der Waals surface area contributed by atoms with Crippen LogP contribution in [0, 0.1) is 0 Å². The summed E-state index contributed by atoms with van der Waals surface area (Å²) in [7, 11) is 0. The third-order valence-corrected chi connectivity index (χ3v) is 6.02. The zero-order valence-electron chi connectivity index (χ0n) is 20.0. The number of nitrogens with one attached hydrogen (secondary N) is 1. The van der Waals surface area contributed by atoms with E-state index < -0.39 is 0 Å². The first-order valence-corrected chi connectivity index (χ1v) is 12.1. The molecule has 10 heteroatoms. The van der Waals surface area contributed by atoms with E-state index in [9.17, 15) is 4.79 Å². The predicted molar refractivity (Wildman–Crippen MR) is 136 cm³/mol. The topological polar surface area (TPSA) is 110 Å². The van der Waals surface area contributed by atoms with Crippen molar-refractivity contribution in [1.82, 2.24) is 30.0 Å². The molecule has 10 nitrogen and oxygen atoms in total. The van der Waals surface area contributed by atoms with E-state index in [1.165, 1.54) is 6.33 Å². The Morgan fingerprint density at radius 1 is 1.03 bits per heavy atom. The molecule has 0 atom stereocenters. The van der Waals surface area contributed by atoms with Gasteiger partial charge in [0.05, 0.1) is 37.0 Å². The highest BCUT2D eigenvalue weighted by Crippen LogP contribution is 2.24. The molecule has 0 saturated carbocycles. The summed E-state index contributed by atoms with van der Waals surface area (Å²) in [4.78, 5) is 23.4. The van der Waals surface area contributed by atoms with Crippen LogP contribution in [0.4, 0.5) is 5.82 Å². The molecule has 0 unspecified atom stereocenters. The first-order valence-electron chi connectivity index (χ1n) is 12.1. The van der Waals surface area contributed by atoms with E-state index in [0.29, 0.717) is 30.1 Å². The molecule has 0 bridgehead atoms. The fraction of sp³-hybridized carbons (Fsp3) is 0.308. The van der Waals surface area contributed by atoms with Crippen molar-refractivity contribution in [2.45, 2.75) is 13.0 Å². The van der Waals surface area contributed by atoms with Gasteiger partial charge in [-0.05, 0) is 42.8 Å². The fourth-order valence-electron chi connectivity index (χ4n) is 4.05. The Kier molecular flexibility index (Phi) is 7.64. The zero-order chi connectivity index (χ0) is 24.6. The van der Waals surface area contributed by atoms with Crippen LogP contribution in [0.1, 0.15) is 22.3 Å². The molecule has 5 rings (SSSR count). The van der Waals surface area contributed by atoms with Crippen molar-refractivity contribution in [1.29, 1.82) is 0 Å². The number of azo groups is 1. The number of fused-ring (bicyclic) bond motifs is 1. The van der Waals surface area contributed by atoms with Gasteiger partial charge in [0.15, 0.2) is 11.5 Å². The molecule has 1 amide bonds. The van der Waals surface area contributed by atoms with Crippen LogP contribution >= 0.6 is 0 Å². The first-order chi connectivity index (χ1) is 17.8. The zero-order valence-corrected chi connectivity index (χ0v) is 20.0. The van der Waals surface area contributed by atoms with E-state index in [2.05, 4.69) is 35.5 Å². The Labute approximate surface area is 209 Å². The molecule has 184 valence electrons. The lowest BCUT2D eigenvalue weighted by Gasteiger charge is -2.26. The van der Waals surface area contributed by atoms with Crippen LogP contribution in [-0.4, -0.2) is 69.9 Å². The Morgan fingerprint density at radius 2 is 1.83 bits per heavy atom. The van der Waals surface area contributed by atoms with E-state index in [1.54, 1.807) is 10.9 Å². The Morgan fingerprint density at radius 3 is 2.64 bits per heavy atom. The van der Waals surface area contributed by atoms with E-state index in [0.717, 1.165) is 55.9 Å². The maximum Gasteiger partial charge on any atom is 0.251 e. The molecule has 1 fully saturated rings.